The smallest absolute Gasteiger partial charge is 0.341 e. The number of benzene rings is 1. The van der Waals surface area contributed by atoms with E-state index in [1.807, 2.05) is 85.5 Å². The Kier molecular flexibility index (Phi) is 20.2. The van der Waals surface area contributed by atoms with E-state index in [1.54, 1.807) is 57.8 Å². The molecule has 3 fully saturated rings. The number of esters is 1. The molecular formula is C57H91N3O17. The number of carbonyl (C=O) groups is 2. The lowest BCUT2D eigenvalue weighted by atomic mass is 9.77. The molecule has 77 heavy (non-hydrogen) atoms. The quantitative estimate of drug-likeness (QED) is 0.0910. The maximum Gasteiger partial charge on any atom is 0.341 e. The number of hydrogen-bond acceptors (Lipinski definition) is 18. The minimum atomic E-state index is -1.85. The van der Waals surface area contributed by atoms with Gasteiger partial charge in [0.1, 0.15) is 54.5 Å². The van der Waals surface area contributed by atoms with E-state index >= 15 is 0 Å². The molecule has 436 valence electrons. The van der Waals surface area contributed by atoms with Crippen LogP contribution in [0.4, 0.5) is 0 Å². The highest BCUT2D eigenvalue weighted by Crippen LogP contribution is 2.42. The van der Waals surface area contributed by atoms with E-state index in [1.165, 1.54) is 13.1 Å². The molecular weight excluding hydrogens is 999 g/mol. The Balaban J connectivity index is 1.21. The van der Waals surface area contributed by atoms with Crippen LogP contribution in [0.2, 0.25) is 0 Å². The summed E-state index contributed by atoms with van der Waals surface area (Å²) in [5, 5.41) is 58.2. The van der Waals surface area contributed by atoms with E-state index in [0.29, 0.717) is 37.3 Å². The summed E-state index contributed by atoms with van der Waals surface area (Å²) in [5.74, 6) is -3.56. The maximum absolute atomic E-state index is 14.6. The number of nitrogens with zero attached hydrogens (tertiary/aromatic N) is 3. The van der Waals surface area contributed by atoms with Gasteiger partial charge in [-0.1, -0.05) is 20.8 Å². The fourth-order valence-electron chi connectivity index (χ4n) is 12.2. The van der Waals surface area contributed by atoms with E-state index < -0.39 is 113 Å². The first-order chi connectivity index (χ1) is 35.9. The second-order valence-corrected chi connectivity index (χ2v) is 24.1. The van der Waals surface area contributed by atoms with Gasteiger partial charge in [0.25, 0.3) is 0 Å². The van der Waals surface area contributed by atoms with Crippen molar-refractivity contribution in [3.05, 3.63) is 52.0 Å². The molecule has 1 aromatic carbocycles. The first-order valence-electron chi connectivity index (χ1n) is 27.4. The number of aromatic nitrogens is 1. The van der Waals surface area contributed by atoms with E-state index in [-0.39, 0.29) is 61.5 Å². The third kappa shape index (κ3) is 13.7. The second-order valence-electron chi connectivity index (χ2n) is 24.1. The van der Waals surface area contributed by atoms with Crippen LogP contribution in [0.3, 0.4) is 0 Å². The number of pyridine rings is 1. The lowest BCUT2D eigenvalue weighted by Gasteiger charge is -2.49. The van der Waals surface area contributed by atoms with Crippen molar-refractivity contribution in [2.45, 2.75) is 211 Å². The van der Waals surface area contributed by atoms with Crippen LogP contribution in [-0.2, 0) is 54.6 Å². The largest absolute Gasteiger partial charge is 0.499 e. The molecule has 5 heterocycles. The number of hydrogen-bond donors (Lipinski definition) is 5. The van der Waals surface area contributed by atoms with Crippen molar-refractivity contribution in [1.29, 1.82) is 0 Å². The van der Waals surface area contributed by atoms with Gasteiger partial charge < -0.3 is 82.5 Å². The molecule has 3 saturated heterocycles. The molecule has 2 aromatic rings. The number of likely N-dealkylation sites (N-methyl/N-ethyl adjacent to an activating group) is 2. The number of methoxy groups -OCH3 is 1. The van der Waals surface area contributed by atoms with Crippen molar-refractivity contribution in [1.82, 2.24) is 14.4 Å². The Morgan fingerprint density at radius 1 is 0.948 bits per heavy atom. The van der Waals surface area contributed by atoms with Gasteiger partial charge in [-0.25, -0.2) is 4.79 Å². The number of carboxylic acid groups (broad SMARTS) is 1. The molecule has 0 spiro atoms. The Morgan fingerprint density at radius 3 is 2.27 bits per heavy atom. The molecule has 18 atom stereocenters. The zero-order valence-electron chi connectivity index (χ0n) is 48.4. The standard InChI is InChI=1S/C57H91N3O17/c1-17-42-57(12,68)48(63)35(6)59(15)28-31(2)26-55(10,67)49(77-53-46(62)40(58(13)14)23-32(3)73-53)33(4)47(34(5)52(66)75-42)76-43-27-56(11,69-16)50(36(7)74-43)71-22-21-70-20-18-19-37-24-38-44-41(25-37)72-30-54(8,9)60(44)29-39(45(38)61)51(64)65/h18,20,24-25,29,31-36,40,42-43,46-50,53,62-63,67-68H,17,19,21-23,26-28,30H2,1-16H3,(H,64,65)/b20-18+/t31-,32-,33+,34-,35-,36+,40+,42-,43?,46-,47+,48+,49-,50+,53+,55-,56-,57-/m1/s1. The molecule has 6 rings (SSSR count). The first-order valence-corrected chi connectivity index (χ1v) is 27.4. The topological polar surface area (TPSA) is 247 Å². The van der Waals surface area contributed by atoms with Crippen LogP contribution in [-0.4, -0.2) is 197 Å². The number of carbonyl (C=O) groups excluding carboxylic acids is 1. The Labute approximate surface area is 454 Å². The SMILES string of the molecule is CC[C@H]1OC(=O)[C@H](C)[C@@H](OC2C[C@@](C)(OC)[C@@H](OCCO/C=C/Cc3cc4c5c(c3)c(=O)c(C(=O)O)cn5C(C)(C)CO4)[C@H](C)O2)[C@H](C)[C@@H](O[C@@H]2O[C@H](C)C[C@H](N(C)C)[C@H]2O)[C@](C)(O)C[C@@H](C)CN(C)[C@H](C)[C@H](O)[C@]1(C)O. The van der Waals surface area contributed by atoms with Gasteiger partial charge in [-0.15, -0.1) is 0 Å². The number of rotatable bonds is 15. The molecule has 0 bridgehead atoms. The Bertz CT molecular complexity index is 2430. The molecule has 20 nitrogen and oxygen atoms in total. The van der Waals surface area contributed by atoms with E-state index in [0.717, 1.165) is 5.56 Å². The average molecular weight is 1090 g/mol. The summed E-state index contributed by atoms with van der Waals surface area (Å²) in [5.41, 5.74) is -4.61. The molecule has 1 aromatic heterocycles. The molecule has 0 radical (unpaired) electrons. The number of aromatic carboxylic acids is 1. The molecule has 0 saturated carbocycles. The summed E-state index contributed by atoms with van der Waals surface area (Å²) in [7, 11) is 7.17. The summed E-state index contributed by atoms with van der Waals surface area (Å²) in [4.78, 5) is 43.8. The predicted octanol–water partition coefficient (Wildman–Crippen LogP) is 4.84. The van der Waals surface area contributed by atoms with E-state index in [4.69, 9.17) is 42.6 Å². The van der Waals surface area contributed by atoms with Gasteiger partial charge in [-0.05, 0) is 139 Å². The van der Waals surface area contributed by atoms with Crippen molar-refractivity contribution < 1.29 is 77.8 Å². The number of aliphatic hydroxyl groups is 4. The molecule has 4 aliphatic heterocycles. The first kappa shape index (κ1) is 62.4. The molecule has 20 heteroatoms. The number of ether oxygens (including phenoxy) is 9. The van der Waals surface area contributed by atoms with Gasteiger partial charge in [-0.2, -0.15) is 0 Å². The highest BCUT2D eigenvalue weighted by atomic mass is 16.7. The van der Waals surface area contributed by atoms with Gasteiger partial charge in [0.15, 0.2) is 12.6 Å². The molecule has 5 N–H and O–H groups in total. The maximum atomic E-state index is 14.6. The number of aliphatic hydroxyl groups excluding tert-OH is 2. The van der Waals surface area contributed by atoms with Crippen LogP contribution in [0.1, 0.15) is 125 Å². The summed E-state index contributed by atoms with van der Waals surface area (Å²) < 4.78 is 59.1. The van der Waals surface area contributed by atoms with Crippen molar-refractivity contribution in [3.63, 3.8) is 0 Å². The van der Waals surface area contributed by atoms with Gasteiger partial charge in [0.2, 0.25) is 5.43 Å². The van der Waals surface area contributed by atoms with E-state index in [9.17, 15) is 39.9 Å². The lowest BCUT2D eigenvalue weighted by Crippen LogP contribution is -2.61. The zero-order chi connectivity index (χ0) is 57.3. The van der Waals surface area contributed by atoms with Crippen molar-refractivity contribution in [2.24, 2.45) is 17.8 Å². The highest BCUT2D eigenvalue weighted by Gasteiger charge is 2.53. The van der Waals surface area contributed by atoms with Gasteiger partial charge >= 0.3 is 11.9 Å². The van der Waals surface area contributed by atoms with Crippen molar-refractivity contribution >= 4 is 22.8 Å². The van der Waals surface area contributed by atoms with Crippen LogP contribution >= 0.6 is 0 Å². The van der Waals surface area contributed by atoms with Crippen LogP contribution in [0.5, 0.6) is 5.75 Å². The van der Waals surface area contributed by atoms with Crippen LogP contribution < -0.4 is 10.2 Å². The Morgan fingerprint density at radius 2 is 1.64 bits per heavy atom. The number of cyclic esters (lactones) is 1. The highest BCUT2D eigenvalue weighted by molar-refractivity contribution is 5.95. The predicted molar refractivity (Wildman–Crippen MR) is 287 cm³/mol. The van der Waals surface area contributed by atoms with Crippen LogP contribution in [0.15, 0.2) is 35.5 Å². The van der Waals surface area contributed by atoms with Crippen molar-refractivity contribution in [3.8, 4) is 5.75 Å². The molecule has 0 amide bonds. The van der Waals surface area contributed by atoms with Crippen LogP contribution in [0, 0.1) is 17.8 Å². The molecule has 4 aliphatic rings. The third-order valence-corrected chi connectivity index (χ3v) is 16.8. The monoisotopic (exact) mass is 1090 g/mol. The average Bonchev–Trinajstić information content (AvgIpc) is 3.35. The normalized spacial score (nSPS) is 38.7. The van der Waals surface area contributed by atoms with Gasteiger partial charge in [-0.3, -0.25) is 9.59 Å². The zero-order valence-corrected chi connectivity index (χ0v) is 48.4. The number of allylic oxidation sites excluding steroid dienone is 1. The van der Waals surface area contributed by atoms with Crippen molar-refractivity contribution in [2.75, 3.05) is 54.6 Å². The van der Waals surface area contributed by atoms with Crippen LogP contribution in [0.25, 0.3) is 10.9 Å². The minimum Gasteiger partial charge on any atom is -0.499 e. The summed E-state index contributed by atoms with van der Waals surface area (Å²) in [6.45, 7) is 22.7. The summed E-state index contributed by atoms with van der Waals surface area (Å²) in [6.07, 6.45) is -3.18. The van der Waals surface area contributed by atoms with E-state index in [2.05, 4.69) is 0 Å². The molecule has 1 unspecified atom stereocenters. The fraction of sp³-hybridized carbons (Fsp3) is 0.772. The molecule has 0 aliphatic carbocycles. The number of carboxylic acids is 1. The second kappa shape index (κ2) is 24.9. The Hall–Kier alpha value is -3.77. The minimum absolute atomic E-state index is 0.145. The summed E-state index contributed by atoms with van der Waals surface area (Å²) >= 11 is 0. The fourth-order valence-corrected chi connectivity index (χ4v) is 12.2. The summed E-state index contributed by atoms with van der Waals surface area (Å²) in [6, 6.07) is 2.66. The van der Waals surface area contributed by atoms with Gasteiger partial charge in [0, 0.05) is 44.3 Å². The third-order valence-electron chi connectivity index (χ3n) is 16.8. The van der Waals surface area contributed by atoms with Gasteiger partial charge in [0.05, 0.1) is 70.8 Å². The lowest BCUT2D eigenvalue weighted by molar-refractivity contribution is -0.321.